The second-order valence-corrected chi connectivity index (χ2v) is 8.05. The molecule has 2 aliphatic heterocycles. The monoisotopic (exact) mass is 461 g/mol. The summed E-state index contributed by atoms with van der Waals surface area (Å²) in [7, 11) is -5.15. The minimum absolute atomic E-state index is 0. The predicted molar refractivity (Wildman–Crippen MR) is 91.2 cm³/mol. The van der Waals surface area contributed by atoms with E-state index >= 15 is 0 Å². The molecule has 9 atom stereocenters. The van der Waals surface area contributed by atoms with Crippen LogP contribution in [0.25, 0.3) is 0 Å². The number of ether oxygens (including phenoxy) is 2. The standard InChI is InChI=1S/C14H22N3O12P.Li/c15-7-1-2-17(14(23)16-7)12-10(21)9(20)6(28-12)4-27-30(24,25)29-13-11(22)8(19)5(18)3-26-13;/h1-2,5-6,8-13,18-22H,3-4H2,(H,24,25)(H2,15,16,23);/q;+1/p-1/t5-,6-,8+,9-,10-,11-,12-,13-;/m1./s1. The number of anilines is 1. The van der Waals surface area contributed by atoms with Crippen LogP contribution in [0.2, 0.25) is 0 Å². The SMILES string of the molecule is Nc1ccn([C@@H]2O[C@H](COP(=O)([O-])O[C@H]3OC[C@@H](O)[C@H](O)[C@H]3O)[C@@H](O)[C@H]2O)c(=O)n1.[Li+]. The molecule has 0 aliphatic carbocycles. The number of hydrogen-bond acceptors (Lipinski definition) is 14. The fourth-order valence-corrected chi connectivity index (χ4v) is 3.74. The molecule has 0 spiro atoms. The van der Waals surface area contributed by atoms with E-state index < -0.39 is 75.9 Å². The summed E-state index contributed by atoms with van der Waals surface area (Å²) in [5.74, 6) is -0.0710. The van der Waals surface area contributed by atoms with Crippen LogP contribution in [-0.2, 0) is 23.1 Å². The zero-order valence-corrected chi connectivity index (χ0v) is 17.1. The Balaban J connectivity index is 0.00000341. The van der Waals surface area contributed by atoms with Gasteiger partial charge in [-0.1, -0.05) is 0 Å². The maximum absolute atomic E-state index is 12.0. The number of aliphatic hydroxyl groups excluding tert-OH is 5. The van der Waals surface area contributed by atoms with Crippen LogP contribution in [0.5, 0.6) is 0 Å². The van der Waals surface area contributed by atoms with Gasteiger partial charge in [-0.2, -0.15) is 4.98 Å². The fraction of sp³-hybridized carbons (Fsp3) is 0.714. The van der Waals surface area contributed by atoms with Gasteiger partial charge in [-0.25, -0.2) is 4.79 Å². The molecule has 0 bridgehead atoms. The maximum Gasteiger partial charge on any atom is 1.00 e. The van der Waals surface area contributed by atoms with E-state index in [1.165, 1.54) is 12.3 Å². The Morgan fingerprint density at radius 3 is 2.55 bits per heavy atom. The van der Waals surface area contributed by atoms with Crippen molar-refractivity contribution in [1.29, 1.82) is 0 Å². The molecule has 1 aromatic heterocycles. The van der Waals surface area contributed by atoms with Crippen LogP contribution >= 0.6 is 7.82 Å². The first-order valence-corrected chi connectivity index (χ1v) is 10.1. The predicted octanol–water partition coefficient (Wildman–Crippen LogP) is -7.61. The molecule has 2 aliphatic rings. The van der Waals surface area contributed by atoms with Crippen molar-refractivity contribution < 1.29 is 72.4 Å². The molecular weight excluding hydrogens is 440 g/mol. The average molecular weight is 461 g/mol. The Hall–Kier alpha value is -0.893. The molecule has 3 rings (SSSR count). The van der Waals surface area contributed by atoms with E-state index in [4.69, 9.17) is 15.2 Å². The van der Waals surface area contributed by atoms with Gasteiger partial charge >= 0.3 is 24.6 Å². The van der Waals surface area contributed by atoms with Crippen LogP contribution in [0.15, 0.2) is 17.1 Å². The Labute approximate surface area is 186 Å². The van der Waals surface area contributed by atoms with Crippen LogP contribution < -0.4 is 35.2 Å². The topological polar surface area (TPSA) is 239 Å². The van der Waals surface area contributed by atoms with Gasteiger partial charge in [0.05, 0.1) is 13.2 Å². The summed E-state index contributed by atoms with van der Waals surface area (Å²) in [4.78, 5) is 27.3. The van der Waals surface area contributed by atoms with Crippen molar-refractivity contribution in [3.05, 3.63) is 22.7 Å². The van der Waals surface area contributed by atoms with Crippen molar-refractivity contribution in [2.45, 2.75) is 49.1 Å². The van der Waals surface area contributed by atoms with E-state index in [-0.39, 0.29) is 24.7 Å². The van der Waals surface area contributed by atoms with Crippen molar-refractivity contribution in [1.82, 2.24) is 9.55 Å². The molecule has 2 saturated heterocycles. The number of nitrogens with two attached hydrogens (primary N) is 1. The van der Waals surface area contributed by atoms with E-state index in [0.29, 0.717) is 0 Å². The van der Waals surface area contributed by atoms with Crippen molar-refractivity contribution in [2.24, 2.45) is 0 Å². The number of phosphoric ester groups is 1. The van der Waals surface area contributed by atoms with E-state index in [0.717, 1.165) is 4.57 Å². The Morgan fingerprint density at radius 2 is 1.90 bits per heavy atom. The molecule has 15 nitrogen and oxygen atoms in total. The molecule has 1 unspecified atom stereocenters. The van der Waals surface area contributed by atoms with Crippen molar-refractivity contribution in [3.63, 3.8) is 0 Å². The number of hydrogen-bond donors (Lipinski definition) is 6. The molecule has 7 N–H and O–H groups in total. The zero-order chi connectivity index (χ0) is 22.2. The van der Waals surface area contributed by atoms with Crippen LogP contribution in [0.3, 0.4) is 0 Å². The second kappa shape index (κ2) is 10.4. The van der Waals surface area contributed by atoms with Gasteiger partial charge in [0.2, 0.25) is 0 Å². The van der Waals surface area contributed by atoms with Gasteiger partial charge in [-0.3, -0.25) is 13.7 Å². The number of aliphatic hydroxyl groups is 5. The van der Waals surface area contributed by atoms with Gasteiger partial charge in [-0.15, -0.1) is 0 Å². The first-order valence-electron chi connectivity index (χ1n) is 8.66. The van der Waals surface area contributed by atoms with Crippen molar-refractivity contribution in [2.75, 3.05) is 18.9 Å². The smallest absolute Gasteiger partial charge is 0.756 e. The first kappa shape index (κ1) is 26.4. The maximum atomic E-state index is 12.0. The normalized spacial score (nSPS) is 37.7. The summed E-state index contributed by atoms with van der Waals surface area (Å²) < 4.78 is 32.1. The number of aromatic nitrogens is 2. The average Bonchev–Trinajstić information content (AvgIpc) is 2.95. The molecule has 31 heavy (non-hydrogen) atoms. The fourth-order valence-electron chi connectivity index (χ4n) is 2.91. The zero-order valence-electron chi connectivity index (χ0n) is 16.2. The number of nitrogens with zero attached hydrogens (tertiary/aromatic N) is 2. The van der Waals surface area contributed by atoms with Gasteiger partial charge in [0.15, 0.2) is 12.5 Å². The van der Waals surface area contributed by atoms with Crippen LogP contribution in [-0.4, -0.2) is 91.2 Å². The molecule has 0 aromatic carbocycles. The summed E-state index contributed by atoms with van der Waals surface area (Å²) in [6.07, 6.45) is -11.7. The number of phosphoric acid groups is 1. The second-order valence-electron chi connectivity index (χ2n) is 6.69. The van der Waals surface area contributed by atoms with Crippen molar-refractivity contribution >= 4 is 13.6 Å². The molecule has 1 aromatic rings. The quantitative estimate of drug-likeness (QED) is 0.170. The summed E-state index contributed by atoms with van der Waals surface area (Å²) in [6.45, 7) is -1.31. The molecular formula is C14H21LiN3O12P. The summed E-state index contributed by atoms with van der Waals surface area (Å²) in [6, 6.07) is 1.26. The van der Waals surface area contributed by atoms with Crippen molar-refractivity contribution in [3.8, 4) is 0 Å². The van der Waals surface area contributed by atoms with E-state index in [2.05, 4.69) is 14.0 Å². The third-order valence-corrected chi connectivity index (χ3v) is 5.48. The van der Waals surface area contributed by atoms with E-state index in [1.54, 1.807) is 0 Å². The molecule has 17 heteroatoms. The molecule has 0 saturated carbocycles. The first-order chi connectivity index (χ1) is 14.0. The van der Waals surface area contributed by atoms with E-state index in [9.17, 15) is 39.8 Å². The van der Waals surface area contributed by atoms with Crippen LogP contribution in [0, 0.1) is 0 Å². The molecule has 170 valence electrons. The molecule has 0 amide bonds. The van der Waals surface area contributed by atoms with E-state index in [1.807, 2.05) is 0 Å². The number of rotatable bonds is 6. The largest absolute Gasteiger partial charge is 1.00 e. The number of nitrogen functional groups attached to an aromatic ring is 1. The summed E-state index contributed by atoms with van der Waals surface area (Å²) >= 11 is 0. The molecule has 2 fully saturated rings. The Bertz CT molecular complexity index is 860. The third kappa shape index (κ3) is 5.92. The van der Waals surface area contributed by atoms with Crippen LogP contribution in [0.4, 0.5) is 5.82 Å². The van der Waals surface area contributed by atoms with Gasteiger partial charge in [0.25, 0.3) is 7.82 Å². The Kier molecular flexibility index (Phi) is 8.81. The molecule has 3 heterocycles. The van der Waals surface area contributed by atoms with Gasteiger partial charge in [0, 0.05) is 6.20 Å². The Morgan fingerprint density at radius 1 is 1.23 bits per heavy atom. The minimum atomic E-state index is -5.15. The van der Waals surface area contributed by atoms with Crippen LogP contribution in [0.1, 0.15) is 6.23 Å². The summed E-state index contributed by atoms with van der Waals surface area (Å²) in [5.41, 5.74) is 4.51. The van der Waals surface area contributed by atoms with Gasteiger partial charge in [-0.05, 0) is 6.07 Å². The summed E-state index contributed by atoms with van der Waals surface area (Å²) in [5, 5.41) is 48.8. The van der Waals surface area contributed by atoms with Gasteiger partial charge < -0.3 is 50.2 Å². The molecule has 0 radical (unpaired) electrons. The van der Waals surface area contributed by atoms with Gasteiger partial charge in [0.1, 0.15) is 42.4 Å². The minimum Gasteiger partial charge on any atom is -0.756 e. The third-order valence-electron chi connectivity index (χ3n) is 4.55.